The molecule has 3 aromatic heterocycles. The Morgan fingerprint density at radius 1 is 0.962 bits per heavy atom. The topological polar surface area (TPSA) is 127 Å². The van der Waals surface area contributed by atoms with E-state index in [1.54, 1.807) is 17.7 Å². The normalized spacial score (nSPS) is 17.3. The van der Waals surface area contributed by atoms with Gasteiger partial charge in [0.15, 0.2) is 0 Å². The molecular weight excluding hydrogens is 715 g/mol. The second-order valence-electron chi connectivity index (χ2n) is 13.5. The third-order valence-corrected chi connectivity index (χ3v) is 10.9. The minimum absolute atomic E-state index is 0.0909. The molecule has 0 spiro atoms. The maximum atomic E-state index is 13.6. The number of hydrogen-bond donors (Lipinski definition) is 2. The summed E-state index contributed by atoms with van der Waals surface area (Å²) in [6.45, 7) is 4.72. The van der Waals surface area contributed by atoms with Gasteiger partial charge in [-0.15, -0.1) is 0 Å². The number of aromatic nitrogens is 3. The Balaban J connectivity index is 1.13. The maximum Gasteiger partial charge on any atom is 0.310 e. The molecule has 2 saturated heterocycles. The molecule has 13 heteroatoms. The molecule has 2 atom stereocenters. The van der Waals surface area contributed by atoms with Crippen molar-refractivity contribution in [1.82, 2.24) is 29.9 Å². The van der Waals surface area contributed by atoms with Crippen LogP contribution >= 0.6 is 23.2 Å². The van der Waals surface area contributed by atoms with E-state index >= 15 is 0 Å². The number of pyridine rings is 2. The van der Waals surface area contributed by atoms with Gasteiger partial charge in [0.2, 0.25) is 11.8 Å². The number of rotatable bonds is 11. The molecule has 2 fully saturated rings. The van der Waals surface area contributed by atoms with E-state index in [1.807, 2.05) is 67.6 Å². The Labute approximate surface area is 317 Å². The highest BCUT2D eigenvalue weighted by atomic mass is 35.5. The van der Waals surface area contributed by atoms with Crippen molar-refractivity contribution < 1.29 is 19.1 Å². The van der Waals surface area contributed by atoms with Crippen LogP contribution in [-0.2, 0) is 27.4 Å². The maximum absolute atomic E-state index is 13.6. The Kier molecular flexibility index (Phi) is 10.8. The molecule has 2 aliphatic heterocycles. The zero-order chi connectivity index (χ0) is 37.2. The van der Waals surface area contributed by atoms with Crippen molar-refractivity contribution >= 4 is 40.7 Å². The first-order valence-corrected chi connectivity index (χ1v) is 18.3. The second kappa shape index (κ2) is 15.7. The molecule has 1 amide bonds. The van der Waals surface area contributed by atoms with Gasteiger partial charge in [-0.3, -0.25) is 23.7 Å². The van der Waals surface area contributed by atoms with Crippen molar-refractivity contribution in [1.29, 1.82) is 0 Å². The minimum Gasteiger partial charge on any atom is -0.481 e. The van der Waals surface area contributed by atoms with Crippen molar-refractivity contribution in [2.45, 2.75) is 45.3 Å². The van der Waals surface area contributed by atoms with Crippen LogP contribution in [0.5, 0.6) is 5.88 Å². The number of nitrogens with one attached hydrogen (secondary N) is 2. The number of methoxy groups -OCH3 is 2. The fourth-order valence-electron chi connectivity index (χ4n) is 7.24. The van der Waals surface area contributed by atoms with Crippen molar-refractivity contribution in [3.8, 4) is 39.4 Å². The number of fused-ring (bicyclic) bond motifs is 1. The number of esters is 1. The summed E-state index contributed by atoms with van der Waals surface area (Å²) in [6.07, 6.45) is 3.82. The number of carbonyl (C=O) groups excluding carboxylic acids is 2. The van der Waals surface area contributed by atoms with E-state index in [0.29, 0.717) is 84.1 Å². The molecule has 5 heterocycles. The summed E-state index contributed by atoms with van der Waals surface area (Å²) in [5.41, 5.74) is 6.94. The van der Waals surface area contributed by atoms with Gasteiger partial charge < -0.3 is 20.1 Å². The summed E-state index contributed by atoms with van der Waals surface area (Å²) >= 11 is 14.3. The van der Waals surface area contributed by atoms with Gasteiger partial charge in [-0.1, -0.05) is 65.7 Å². The van der Waals surface area contributed by atoms with Crippen molar-refractivity contribution in [2.24, 2.45) is 5.92 Å². The van der Waals surface area contributed by atoms with Crippen LogP contribution in [0.15, 0.2) is 71.7 Å². The molecule has 2 N–H and O–H groups in total. The van der Waals surface area contributed by atoms with E-state index in [0.717, 1.165) is 39.8 Å². The summed E-state index contributed by atoms with van der Waals surface area (Å²) < 4.78 is 12.1. The molecule has 2 aliphatic rings. The lowest BCUT2D eigenvalue weighted by molar-refractivity contribution is -0.145. The molecule has 7 rings (SSSR count). The number of hydrogen-bond acceptors (Lipinski definition) is 9. The van der Waals surface area contributed by atoms with Crippen LogP contribution in [0, 0.1) is 12.8 Å². The Morgan fingerprint density at radius 3 is 2.42 bits per heavy atom. The van der Waals surface area contributed by atoms with Gasteiger partial charge >= 0.3 is 5.97 Å². The third kappa shape index (κ3) is 7.52. The highest BCUT2D eigenvalue weighted by Gasteiger charge is 2.30. The van der Waals surface area contributed by atoms with Gasteiger partial charge in [0.25, 0.3) is 5.56 Å². The fourth-order valence-corrected chi connectivity index (χ4v) is 7.90. The Morgan fingerprint density at radius 2 is 1.70 bits per heavy atom. The van der Waals surface area contributed by atoms with E-state index in [-0.39, 0.29) is 29.4 Å². The van der Waals surface area contributed by atoms with Gasteiger partial charge in [-0.05, 0) is 50.1 Å². The van der Waals surface area contributed by atoms with Crippen LogP contribution in [0.2, 0.25) is 10.0 Å². The first-order valence-electron chi connectivity index (χ1n) is 17.6. The summed E-state index contributed by atoms with van der Waals surface area (Å²) in [6, 6.07) is 19.3. The van der Waals surface area contributed by atoms with E-state index in [1.165, 1.54) is 7.11 Å². The van der Waals surface area contributed by atoms with E-state index < -0.39 is 0 Å². The molecule has 0 aliphatic carbocycles. The number of amides is 1. The fraction of sp³-hybridized carbons (Fsp3) is 0.325. The van der Waals surface area contributed by atoms with Crippen LogP contribution in [0.4, 0.5) is 0 Å². The largest absolute Gasteiger partial charge is 0.481 e. The third-order valence-electron chi connectivity index (χ3n) is 10.1. The molecule has 274 valence electrons. The summed E-state index contributed by atoms with van der Waals surface area (Å²) in [7, 11) is 2.99. The molecule has 5 aromatic rings. The lowest BCUT2D eigenvalue weighted by atomic mass is 9.97. The number of nitrogens with zero attached hydrogens (tertiary/aromatic N) is 4. The lowest BCUT2D eigenvalue weighted by Crippen LogP contribution is -2.35. The van der Waals surface area contributed by atoms with Gasteiger partial charge in [0, 0.05) is 78.3 Å². The van der Waals surface area contributed by atoms with E-state index in [2.05, 4.69) is 15.5 Å². The minimum atomic E-state index is -0.219. The second-order valence-corrected chi connectivity index (χ2v) is 14.3. The predicted molar refractivity (Wildman–Crippen MR) is 205 cm³/mol. The Bertz CT molecular complexity index is 2280. The summed E-state index contributed by atoms with van der Waals surface area (Å²) in [5.74, 6) is 0.176. The van der Waals surface area contributed by atoms with Crippen molar-refractivity contribution in [3.63, 3.8) is 0 Å². The number of halogens is 2. The lowest BCUT2D eigenvalue weighted by Gasteiger charge is -2.17. The van der Waals surface area contributed by atoms with Crippen LogP contribution in [-0.4, -0.2) is 71.0 Å². The van der Waals surface area contributed by atoms with Crippen LogP contribution in [0.1, 0.15) is 36.1 Å². The van der Waals surface area contributed by atoms with E-state index in [4.69, 9.17) is 42.6 Å². The number of likely N-dealkylation sites (tertiary alicyclic amines) is 1. The van der Waals surface area contributed by atoms with E-state index in [9.17, 15) is 14.4 Å². The molecule has 0 radical (unpaired) electrons. The quantitative estimate of drug-likeness (QED) is 0.154. The van der Waals surface area contributed by atoms with Gasteiger partial charge in [0.05, 0.1) is 41.4 Å². The van der Waals surface area contributed by atoms with Gasteiger partial charge in [-0.2, -0.15) is 0 Å². The summed E-state index contributed by atoms with van der Waals surface area (Å²) in [4.78, 5) is 48.9. The summed E-state index contributed by atoms with van der Waals surface area (Å²) in [5, 5.41) is 7.36. The molecule has 53 heavy (non-hydrogen) atoms. The molecule has 0 unspecified atom stereocenters. The van der Waals surface area contributed by atoms with Crippen LogP contribution in [0.25, 0.3) is 39.2 Å². The van der Waals surface area contributed by atoms with Gasteiger partial charge in [-0.25, -0.2) is 9.97 Å². The smallest absolute Gasteiger partial charge is 0.310 e. The zero-order valence-electron chi connectivity index (χ0n) is 29.7. The van der Waals surface area contributed by atoms with Crippen LogP contribution < -0.4 is 20.9 Å². The molecular formula is C40H40Cl2N6O5. The molecule has 0 saturated carbocycles. The van der Waals surface area contributed by atoms with Crippen molar-refractivity contribution in [2.75, 3.05) is 33.9 Å². The average molecular weight is 756 g/mol. The molecule has 11 nitrogen and oxygen atoms in total. The zero-order valence-corrected chi connectivity index (χ0v) is 31.3. The first kappa shape index (κ1) is 36.5. The number of aryl methyl sites for hydroxylation is 1. The highest BCUT2D eigenvalue weighted by molar-refractivity contribution is 6.39. The van der Waals surface area contributed by atoms with Gasteiger partial charge in [0.1, 0.15) is 5.65 Å². The average Bonchev–Trinajstić information content (AvgIpc) is 3.82. The predicted octanol–water partition coefficient (Wildman–Crippen LogP) is 6.08. The number of benzene rings is 2. The first-order chi connectivity index (χ1) is 25.6. The monoisotopic (exact) mass is 754 g/mol. The SMILES string of the molecule is COC(=O)[C@H]1CCN(Cc2c(C)nc3cc(-c4cccc(-c5cccc(-c6ccc(CNC[C@H]7CCC(=O)N7)c(OC)n6)c5Cl)c4Cl)ccn3c2=O)C1. The molecule has 2 aromatic carbocycles. The van der Waals surface area contributed by atoms with Crippen LogP contribution in [0.3, 0.4) is 0 Å². The standard InChI is InChI=1S/C40H40Cl2N6O5/c1-23-32(22-47-16-14-26(21-47)40(51)53-3)39(50)48-17-15-24(18-34(48)44-23)28-6-4-7-29(36(28)41)30-8-5-9-31(37(30)42)33-12-10-25(38(46-33)52-2)19-43-20-27-11-13-35(49)45-27/h4-10,12,15,17-18,26-27,43H,11,13-14,16,19-22H2,1-3H3,(H,45,49)/t26-,27+/m0/s1. The Hall–Kier alpha value is -4.81. The number of ether oxygens (including phenoxy) is 2. The number of carbonyl (C=O) groups is 2. The highest BCUT2D eigenvalue weighted by Crippen LogP contribution is 2.42. The molecule has 0 bridgehead atoms. The van der Waals surface area contributed by atoms with Crippen molar-refractivity contribution in [3.05, 3.63) is 104 Å².